The Bertz CT molecular complexity index is 662. The van der Waals surface area contributed by atoms with Crippen LogP contribution >= 0.6 is 0 Å². The fourth-order valence-corrected chi connectivity index (χ4v) is 2.88. The average Bonchev–Trinajstić information content (AvgIpc) is 2.91. The smallest absolute Gasteiger partial charge is 0.270 e. The maximum absolute atomic E-state index is 11.9. The number of nitrogens with two attached hydrogens (primary N) is 1. The van der Waals surface area contributed by atoms with Crippen molar-refractivity contribution >= 4 is 11.7 Å². The van der Waals surface area contributed by atoms with E-state index in [1.54, 1.807) is 6.20 Å². The van der Waals surface area contributed by atoms with Crippen LogP contribution in [0.3, 0.4) is 0 Å². The normalized spacial score (nSPS) is 19.5. The van der Waals surface area contributed by atoms with Crippen LogP contribution in [-0.4, -0.2) is 15.7 Å². The van der Waals surface area contributed by atoms with E-state index in [4.69, 9.17) is 5.84 Å². The molecule has 2 aromatic rings. The minimum atomic E-state index is -0.340. The zero-order chi connectivity index (χ0) is 15.0. The van der Waals surface area contributed by atoms with Crippen LogP contribution in [0.5, 0.6) is 0 Å². The molecule has 2 heterocycles. The number of carbonyl (C=O) groups is 1. The second-order valence-corrected chi connectivity index (χ2v) is 5.92. The molecular weight excluding hydrogens is 266 g/mol. The average molecular weight is 285 g/mol. The number of hydrogen-bond donors (Lipinski definition) is 3. The Hall–Kier alpha value is -2.34. The number of rotatable bonds is 2. The van der Waals surface area contributed by atoms with Crippen molar-refractivity contribution in [2.24, 2.45) is 5.84 Å². The molecule has 21 heavy (non-hydrogen) atoms. The molecule has 110 valence electrons. The Labute approximate surface area is 123 Å². The number of carbonyl (C=O) groups excluding carboxylic acids is 1. The largest absolute Gasteiger partial charge is 0.363 e. The minimum absolute atomic E-state index is 0.134. The van der Waals surface area contributed by atoms with Gasteiger partial charge in [0.2, 0.25) is 0 Å². The topological polar surface area (TPSA) is 85.0 Å². The number of benzene rings is 1. The molecule has 0 aliphatic carbocycles. The fraction of sp³-hybridized carbons (Fsp3) is 0.333. The van der Waals surface area contributed by atoms with Gasteiger partial charge in [-0.1, -0.05) is 30.3 Å². The first-order valence-electron chi connectivity index (χ1n) is 6.94. The Morgan fingerprint density at radius 1 is 1.43 bits per heavy atom. The molecule has 1 unspecified atom stereocenters. The van der Waals surface area contributed by atoms with Crippen molar-refractivity contribution in [1.82, 2.24) is 15.2 Å². The third-order valence-corrected chi connectivity index (χ3v) is 3.93. The van der Waals surface area contributed by atoms with Gasteiger partial charge in [-0.25, -0.2) is 10.5 Å². The molecule has 0 fully saturated rings. The molecule has 0 radical (unpaired) electrons. The highest BCUT2D eigenvalue weighted by Crippen LogP contribution is 2.39. The molecule has 1 aliphatic rings. The summed E-state index contributed by atoms with van der Waals surface area (Å²) in [5.74, 6) is 5.62. The molecule has 4 N–H and O–H groups in total. The van der Waals surface area contributed by atoms with Gasteiger partial charge >= 0.3 is 0 Å². The highest BCUT2D eigenvalue weighted by molar-refractivity contribution is 5.98. The maximum atomic E-state index is 11.9. The molecule has 0 bridgehead atoms. The van der Waals surface area contributed by atoms with Gasteiger partial charge in [-0.15, -0.1) is 0 Å². The van der Waals surface area contributed by atoms with Crippen LogP contribution in [0.15, 0.2) is 36.5 Å². The summed E-state index contributed by atoms with van der Waals surface area (Å²) in [7, 11) is 0. The van der Waals surface area contributed by atoms with Crippen LogP contribution in [-0.2, 0) is 5.54 Å². The first-order valence-corrected chi connectivity index (χ1v) is 6.94. The molecule has 0 spiro atoms. The highest BCUT2D eigenvalue weighted by Gasteiger charge is 2.36. The quantitative estimate of drug-likeness (QED) is 0.446. The van der Waals surface area contributed by atoms with Crippen LogP contribution in [0, 0.1) is 0 Å². The number of nitrogen functional groups attached to an aromatic ring is 1. The number of hydrogen-bond acceptors (Lipinski definition) is 4. The fourth-order valence-electron chi connectivity index (χ4n) is 2.88. The second kappa shape index (κ2) is 4.89. The predicted octanol–water partition coefficient (Wildman–Crippen LogP) is 1.78. The summed E-state index contributed by atoms with van der Waals surface area (Å²) < 4.78 is 1.86. The van der Waals surface area contributed by atoms with E-state index in [0.29, 0.717) is 11.4 Å². The summed E-state index contributed by atoms with van der Waals surface area (Å²) in [4.78, 5) is 11.9. The third kappa shape index (κ3) is 2.27. The number of amides is 1. The van der Waals surface area contributed by atoms with Gasteiger partial charge in [0, 0.05) is 0 Å². The lowest BCUT2D eigenvalue weighted by Crippen LogP contribution is -2.39. The molecular formula is C15H19N5O. The minimum Gasteiger partial charge on any atom is -0.363 e. The van der Waals surface area contributed by atoms with Crippen LogP contribution < -0.4 is 16.6 Å². The highest BCUT2D eigenvalue weighted by atomic mass is 16.2. The summed E-state index contributed by atoms with van der Waals surface area (Å²) in [6.45, 7) is 4.23. The van der Waals surface area contributed by atoms with Crippen molar-refractivity contribution in [1.29, 1.82) is 0 Å². The number of aromatic nitrogens is 2. The van der Waals surface area contributed by atoms with Crippen molar-refractivity contribution in [2.75, 3.05) is 5.32 Å². The molecule has 0 saturated heterocycles. The SMILES string of the molecule is CC1(C)CC(c2ccccc2)Nc2c(C(=O)NN)cnn21. The second-order valence-electron chi connectivity index (χ2n) is 5.92. The molecule has 1 atom stereocenters. The van der Waals surface area contributed by atoms with Gasteiger partial charge in [0.15, 0.2) is 0 Å². The van der Waals surface area contributed by atoms with Crippen LogP contribution in [0.25, 0.3) is 0 Å². The Morgan fingerprint density at radius 2 is 2.14 bits per heavy atom. The maximum Gasteiger partial charge on any atom is 0.270 e. The van der Waals surface area contributed by atoms with E-state index in [9.17, 15) is 4.79 Å². The summed E-state index contributed by atoms with van der Waals surface area (Å²) in [6, 6.07) is 10.3. The van der Waals surface area contributed by atoms with Crippen molar-refractivity contribution < 1.29 is 4.79 Å². The van der Waals surface area contributed by atoms with Crippen LogP contribution in [0.1, 0.15) is 42.2 Å². The molecule has 1 aliphatic heterocycles. The number of nitrogens with one attached hydrogen (secondary N) is 2. The number of hydrazine groups is 1. The van der Waals surface area contributed by atoms with Crippen molar-refractivity contribution in [3.63, 3.8) is 0 Å². The van der Waals surface area contributed by atoms with Crippen molar-refractivity contribution in [3.8, 4) is 0 Å². The standard InChI is InChI=1S/C15H19N5O/c1-15(2)8-12(10-6-4-3-5-7-10)18-13-11(14(21)19-16)9-17-20(13)15/h3-7,9,12,18H,8,16H2,1-2H3,(H,19,21). The van der Waals surface area contributed by atoms with Gasteiger partial charge in [-0.3, -0.25) is 10.2 Å². The zero-order valence-electron chi connectivity index (χ0n) is 12.1. The first kappa shape index (κ1) is 13.6. The van der Waals surface area contributed by atoms with E-state index in [0.717, 1.165) is 6.42 Å². The number of anilines is 1. The van der Waals surface area contributed by atoms with E-state index >= 15 is 0 Å². The monoisotopic (exact) mass is 285 g/mol. The molecule has 3 rings (SSSR count). The molecule has 1 amide bonds. The summed E-state index contributed by atoms with van der Waals surface area (Å²) in [6.07, 6.45) is 2.44. The lowest BCUT2D eigenvalue weighted by Gasteiger charge is -2.38. The molecule has 6 heteroatoms. The Kier molecular flexibility index (Phi) is 3.17. The van der Waals surface area contributed by atoms with Crippen LogP contribution in [0.2, 0.25) is 0 Å². The van der Waals surface area contributed by atoms with Gasteiger partial charge in [-0.2, -0.15) is 5.10 Å². The third-order valence-electron chi connectivity index (χ3n) is 3.93. The van der Waals surface area contributed by atoms with Gasteiger partial charge < -0.3 is 5.32 Å². The summed E-state index contributed by atoms with van der Waals surface area (Å²) in [5.41, 5.74) is 3.64. The Morgan fingerprint density at radius 3 is 2.81 bits per heavy atom. The first-order chi connectivity index (χ1) is 10.0. The molecule has 1 aromatic carbocycles. The summed E-state index contributed by atoms with van der Waals surface area (Å²) >= 11 is 0. The van der Waals surface area contributed by atoms with Gasteiger partial charge in [0.25, 0.3) is 5.91 Å². The van der Waals surface area contributed by atoms with Crippen molar-refractivity contribution in [2.45, 2.75) is 31.8 Å². The zero-order valence-corrected chi connectivity index (χ0v) is 12.1. The lowest BCUT2D eigenvalue weighted by atomic mass is 9.89. The molecule has 1 aromatic heterocycles. The predicted molar refractivity (Wildman–Crippen MR) is 80.6 cm³/mol. The lowest BCUT2D eigenvalue weighted by molar-refractivity contribution is 0.0954. The van der Waals surface area contributed by atoms with Gasteiger partial charge in [0.1, 0.15) is 11.4 Å². The van der Waals surface area contributed by atoms with E-state index in [2.05, 4.69) is 41.8 Å². The molecule has 0 saturated carbocycles. The van der Waals surface area contributed by atoms with E-state index in [1.807, 2.05) is 22.9 Å². The van der Waals surface area contributed by atoms with E-state index in [1.165, 1.54) is 5.56 Å². The Balaban J connectivity index is 2.03. The van der Waals surface area contributed by atoms with E-state index in [-0.39, 0.29) is 17.5 Å². The van der Waals surface area contributed by atoms with Crippen molar-refractivity contribution in [3.05, 3.63) is 47.7 Å². The summed E-state index contributed by atoms with van der Waals surface area (Å²) in [5, 5.41) is 7.76. The molecule has 6 nitrogen and oxygen atoms in total. The van der Waals surface area contributed by atoms with Gasteiger partial charge in [0.05, 0.1) is 17.8 Å². The van der Waals surface area contributed by atoms with Crippen LogP contribution in [0.4, 0.5) is 5.82 Å². The number of fused-ring (bicyclic) bond motifs is 1. The number of nitrogens with zero attached hydrogens (tertiary/aromatic N) is 2. The van der Waals surface area contributed by atoms with E-state index < -0.39 is 0 Å². The van der Waals surface area contributed by atoms with Gasteiger partial charge in [-0.05, 0) is 25.8 Å².